The maximum atomic E-state index is 11.8. The molecule has 1 aromatic carbocycles. The number of aromatic amines is 1. The summed E-state index contributed by atoms with van der Waals surface area (Å²) in [7, 11) is 0. The molecule has 0 atom stereocenters. The van der Waals surface area contributed by atoms with E-state index < -0.39 is 0 Å². The molecule has 3 rings (SSSR count). The Balaban J connectivity index is 1.42. The highest BCUT2D eigenvalue weighted by Crippen LogP contribution is 2.23. The topological polar surface area (TPSA) is 56.9 Å². The number of fused-ring (bicyclic) bond motifs is 1. The molecule has 1 aromatic heterocycles. The first kappa shape index (κ1) is 14.0. The largest absolute Gasteiger partial charge is 0.361 e. The molecule has 1 heterocycles. The van der Waals surface area contributed by atoms with Gasteiger partial charge in [0.25, 0.3) is 0 Å². The number of rotatable bonds is 5. The van der Waals surface area contributed by atoms with Crippen LogP contribution in [0.1, 0.15) is 31.2 Å². The third-order valence-electron chi connectivity index (χ3n) is 4.38. The lowest BCUT2D eigenvalue weighted by Gasteiger charge is -2.11. The number of hydrogen-bond acceptors (Lipinski definition) is 1. The summed E-state index contributed by atoms with van der Waals surface area (Å²) in [5.74, 6) is 0.685. The standard InChI is InChI=1S/C17H23N3O/c21-17(20-11-13-5-1-2-6-13)18-10-9-14-12-19-16-8-4-3-7-15(14)16/h3-4,7-8,12-13,19H,1-2,5-6,9-11H2,(H2,18,20,21). The number of amides is 2. The van der Waals surface area contributed by atoms with Gasteiger partial charge in [0.05, 0.1) is 0 Å². The van der Waals surface area contributed by atoms with Crippen molar-refractivity contribution in [2.24, 2.45) is 5.92 Å². The third kappa shape index (κ3) is 3.57. The van der Waals surface area contributed by atoms with Gasteiger partial charge in [0, 0.05) is 30.2 Å². The van der Waals surface area contributed by atoms with Crippen molar-refractivity contribution in [2.45, 2.75) is 32.1 Å². The Labute approximate surface area is 125 Å². The van der Waals surface area contributed by atoms with E-state index in [1.807, 2.05) is 18.3 Å². The van der Waals surface area contributed by atoms with Gasteiger partial charge in [0.15, 0.2) is 0 Å². The van der Waals surface area contributed by atoms with Crippen molar-refractivity contribution >= 4 is 16.9 Å². The molecule has 4 heteroatoms. The Hall–Kier alpha value is -1.97. The Morgan fingerprint density at radius 1 is 1.19 bits per heavy atom. The number of aromatic nitrogens is 1. The lowest BCUT2D eigenvalue weighted by molar-refractivity contribution is 0.239. The molecule has 21 heavy (non-hydrogen) atoms. The van der Waals surface area contributed by atoms with Crippen molar-refractivity contribution < 1.29 is 4.79 Å². The highest BCUT2D eigenvalue weighted by atomic mass is 16.2. The van der Waals surface area contributed by atoms with Crippen LogP contribution in [0, 0.1) is 5.92 Å². The highest BCUT2D eigenvalue weighted by molar-refractivity contribution is 5.83. The Morgan fingerprint density at radius 2 is 2.00 bits per heavy atom. The summed E-state index contributed by atoms with van der Waals surface area (Å²) < 4.78 is 0. The van der Waals surface area contributed by atoms with Crippen molar-refractivity contribution in [3.63, 3.8) is 0 Å². The second-order valence-corrected chi connectivity index (χ2v) is 5.90. The Morgan fingerprint density at radius 3 is 2.86 bits per heavy atom. The minimum absolute atomic E-state index is 0.0401. The molecule has 0 bridgehead atoms. The van der Waals surface area contributed by atoms with Crippen LogP contribution in [-0.4, -0.2) is 24.1 Å². The molecule has 1 fully saturated rings. The number of H-pyrrole nitrogens is 1. The fourth-order valence-corrected chi connectivity index (χ4v) is 3.16. The average Bonchev–Trinajstić information content (AvgIpc) is 3.15. The molecule has 2 amide bonds. The molecule has 0 saturated heterocycles. The number of nitrogens with one attached hydrogen (secondary N) is 3. The summed E-state index contributed by atoms with van der Waals surface area (Å²) in [4.78, 5) is 15.0. The van der Waals surface area contributed by atoms with E-state index in [0.717, 1.165) is 18.5 Å². The van der Waals surface area contributed by atoms with Crippen LogP contribution in [0.4, 0.5) is 4.79 Å². The molecular weight excluding hydrogens is 262 g/mol. The number of para-hydroxylation sites is 1. The number of benzene rings is 1. The maximum Gasteiger partial charge on any atom is 0.314 e. The van der Waals surface area contributed by atoms with Crippen LogP contribution in [0.2, 0.25) is 0 Å². The zero-order valence-electron chi connectivity index (χ0n) is 12.3. The average molecular weight is 285 g/mol. The minimum atomic E-state index is -0.0401. The summed E-state index contributed by atoms with van der Waals surface area (Å²) in [5, 5.41) is 7.17. The summed E-state index contributed by atoms with van der Waals surface area (Å²) in [6, 6.07) is 8.21. The van der Waals surface area contributed by atoms with Gasteiger partial charge in [-0.2, -0.15) is 0 Å². The van der Waals surface area contributed by atoms with Crippen LogP contribution >= 0.6 is 0 Å². The molecule has 0 spiro atoms. The molecule has 0 unspecified atom stereocenters. The molecule has 1 saturated carbocycles. The normalized spacial score (nSPS) is 15.4. The molecule has 0 aliphatic heterocycles. The van der Waals surface area contributed by atoms with Crippen molar-refractivity contribution in [1.82, 2.24) is 15.6 Å². The first-order chi connectivity index (χ1) is 10.3. The van der Waals surface area contributed by atoms with Crippen LogP contribution in [-0.2, 0) is 6.42 Å². The van der Waals surface area contributed by atoms with Crippen LogP contribution < -0.4 is 10.6 Å². The molecular formula is C17H23N3O. The van der Waals surface area contributed by atoms with E-state index in [1.165, 1.54) is 36.6 Å². The van der Waals surface area contributed by atoms with Crippen LogP contribution in [0.25, 0.3) is 10.9 Å². The second kappa shape index (κ2) is 6.66. The van der Waals surface area contributed by atoms with Crippen LogP contribution in [0.5, 0.6) is 0 Å². The lowest BCUT2D eigenvalue weighted by atomic mass is 10.1. The predicted octanol–water partition coefficient (Wildman–Crippen LogP) is 3.20. The summed E-state index contributed by atoms with van der Waals surface area (Å²) in [5.41, 5.74) is 2.40. The third-order valence-corrected chi connectivity index (χ3v) is 4.38. The first-order valence-corrected chi connectivity index (χ1v) is 7.89. The summed E-state index contributed by atoms with van der Waals surface area (Å²) in [6.07, 6.45) is 8.03. The quantitative estimate of drug-likeness (QED) is 0.776. The minimum Gasteiger partial charge on any atom is -0.361 e. The molecule has 2 aromatic rings. The first-order valence-electron chi connectivity index (χ1n) is 7.89. The van der Waals surface area contributed by atoms with E-state index in [0.29, 0.717) is 12.5 Å². The van der Waals surface area contributed by atoms with E-state index in [4.69, 9.17) is 0 Å². The zero-order valence-corrected chi connectivity index (χ0v) is 12.3. The predicted molar refractivity (Wildman–Crippen MR) is 85.4 cm³/mol. The van der Waals surface area contributed by atoms with E-state index in [2.05, 4.69) is 27.8 Å². The van der Waals surface area contributed by atoms with Gasteiger partial charge in [-0.15, -0.1) is 0 Å². The van der Waals surface area contributed by atoms with Gasteiger partial charge in [-0.3, -0.25) is 0 Å². The monoisotopic (exact) mass is 285 g/mol. The highest BCUT2D eigenvalue weighted by Gasteiger charge is 2.15. The smallest absolute Gasteiger partial charge is 0.314 e. The van der Waals surface area contributed by atoms with Crippen molar-refractivity contribution in [3.8, 4) is 0 Å². The molecule has 3 N–H and O–H groups in total. The van der Waals surface area contributed by atoms with Gasteiger partial charge in [0.1, 0.15) is 0 Å². The molecule has 0 radical (unpaired) electrons. The fraction of sp³-hybridized carbons (Fsp3) is 0.471. The SMILES string of the molecule is O=C(NCCc1c[nH]c2ccccc12)NCC1CCCC1. The van der Waals surface area contributed by atoms with Crippen molar-refractivity contribution in [3.05, 3.63) is 36.0 Å². The van der Waals surface area contributed by atoms with Crippen LogP contribution in [0.15, 0.2) is 30.5 Å². The zero-order chi connectivity index (χ0) is 14.5. The van der Waals surface area contributed by atoms with E-state index in [-0.39, 0.29) is 6.03 Å². The van der Waals surface area contributed by atoms with Gasteiger partial charge in [-0.1, -0.05) is 31.0 Å². The van der Waals surface area contributed by atoms with E-state index >= 15 is 0 Å². The molecule has 1 aliphatic rings. The Bertz CT molecular complexity index is 599. The number of carbonyl (C=O) groups excluding carboxylic acids is 1. The molecule has 4 nitrogen and oxygen atoms in total. The summed E-state index contributed by atoms with van der Waals surface area (Å²) >= 11 is 0. The lowest BCUT2D eigenvalue weighted by Crippen LogP contribution is -2.38. The Kier molecular flexibility index (Phi) is 4.43. The van der Waals surface area contributed by atoms with Gasteiger partial charge >= 0.3 is 6.03 Å². The van der Waals surface area contributed by atoms with Gasteiger partial charge in [-0.05, 0) is 36.8 Å². The number of urea groups is 1. The maximum absolute atomic E-state index is 11.8. The summed E-state index contributed by atoms with van der Waals surface area (Å²) in [6.45, 7) is 1.48. The van der Waals surface area contributed by atoms with Gasteiger partial charge in [-0.25, -0.2) is 4.79 Å². The van der Waals surface area contributed by atoms with Crippen molar-refractivity contribution in [2.75, 3.05) is 13.1 Å². The van der Waals surface area contributed by atoms with Gasteiger partial charge in [0.2, 0.25) is 0 Å². The number of hydrogen-bond donors (Lipinski definition) is 3. The van der Waals surface area contributed by atoms with Gasteiger partial charge < -0.3 is 15.6 Å². The fourth-order valence-electron chi connectivity index (χ4n) is 3.16. The van der Waals surface area contributed by atoms with E-state index in [1.54, 1.807) is 0 Å². The number of carbonyl (C=O) groups is 1. The van der Waals surface area contributed by atoms with Crippen LogP contribution in [0.3, 0.4) is 0 Å². The second-order valence-electron chi connectivity index (χ2n) is 5.90. The van der Waals surface area contributed by atoms with E-state index in [9.17, 15) is 4.79 Å². The van der Waals surface area contributed by atoms with Crippen molar-refractivity contribution in [1.29, 1.82) is 0 Å². The molecule has 112 valence electrons. The molecule has 1 aliphatic carbocycles.